The van der Waals surface area contributed by atoms with E-state index in [-0.39, 0.29) is 23.0 Å². The molecule has 0 aliphatic carbocycles. The van der Waals surface area contributed by atoms with Crippen LogP contribution >= 0.6 is 11.8 Å². The number of nitrogens with zero attached hydrogens (tertiary/aromatic N) is 3. The van der Waals surface area contributed by atoms with Crippen molar-refractivity contribution in [2.24, 2.45) is 4.99 Å². The molecule has 0 aromatic heterocycles. The predicted molar refractivity (Wildman–Crippen MR) is 118 cm³/mol. The Hall–Kier alpha value is -3.45. The van der Waals surface area contributed by atoms with Gasteiger partial charge < -0.3 is 14.4 Å². The van der Waals surface area contributed by atoms with E-state index in [4.69, 9.17) is 14.7 Å². The largest absolute Gasteiger partial charge is 0.493 e. The van der Waals surface area contributed by atoms with Crippen LogP contribution in [0.4, 0.5) is 13.2 Å². The Bertz CT molecular complexity index is 1200. The zero-order valence-electron chi connectivity index (χ0n) is 17.5. The summed E-state index contributed by atoms with van der Waals surface area (Å²) in [6.07, 6.45) is -0.900. The number of alkyl halides is 3. The number of methoxy groups -OCH3 is 1. The Labute approximate surface area is 192 Å². The number of carbonyl (C=O) groups is 1. The quantitative estimate of drug-likeness (QED) is 0.550. The first-order valence-electron chi connectivity index (χ1n) is 10.0. The molecule has 2 aliphatic heterocycles. The number of amidine groups is 1. The Morgan fingerprint density at radius 3 is 2.52 bits per heavy atom. The van der Waals surface area contributed by atoms with Gasteiger partial charge in [-0.15, -0.1) is 0 Å². The van der Waals surface area contributed by atoms with E-state index in [1.54, 1.807) is 24.3 Å². The van der Waals surface area contributed by atoms with Gasteiger partial charge in [0.25, 0.3) is 5.91 Å². The van der Waals surface area contributed by atoms with Crippen LogP contribution in [0.3, 0.4) is 0 Å². The lowest BCUT2D eigenvalue weighted by Gasteiger charge is -2.16. The van der Waals surface area contributed by atoms with Gasteiger partial charge in [-0.05, 0) is 66.6 Å². The second kappa shape index (κ2) is 9.19. The summed E-state index contributed by atoms with van der Waals surface area (Å²) in [6, 6.07) is 9.43. The number of nitriles is 1. The molecule has 0 N–H and O–H groups in total. The first kappa shape index (κ1) is 22.7. The summed E-state index contributed by atoms with van der Waals surface area (Å²) in [6.45, 7) is 1.75. The molecule has 2 heterocycles. The minimum Gasteiger partial charge on any atom is -0.493 e. The van der Waals surface area contributed by atoms with Crippen molar-refractivity contribution in [1.82, 2.24) is 4.90 Å². The van der Waals surface area contributed by atoms with Crippen molar-refractivity contribution < 1.29 is 27.4 Å². The van der Waals surface area contributed by atoms with Gasteiger partial charge in [0.15, 0.2) is 16.7 Å². The summed E-state index contributed by atoms with van der Waals surface area (Å²) in [5, 5.41) is 9.61. The highest BCUT2D eigenvalue weighted by atomic mass is 32.2. The smallest absolute Gasteiger partial charge is 0.420 e. The Morgan fingerprint density at radius 2 is 1.85 bits per heavy atom. The first-order chi connectivity index (χ1) is 15.8. The van der Waals surface area contributed by atoms with E-state index in [0.29, 0.717) is 15.6 Å². The molecule has 1 amide bonds. The number of benzene rings is 2. The average Bonchev–Trinajstić information content (AvgIpc) is 3.44. The van der Waals surface area contributed by atoms with Crippen LogP contribution in [0, 0.1) is 11.3 Å². The minimum atomic E-state index is -4.70. The lowest BCUT2D eigenvalue weighted by atomic mass is 10.1. The van der Waals surface area contributed by atoms with Crippen LogP contribution in [0.5, 0.6) is 17.2 Å². The molecule has 1 saturated heterocycles. The lowest BCUT2D eigenvalue weighted by Crippen LogP contribution is -2.23. The average molecular weight is 473 g/mol. The topological polar surface area (TPSA) is 74.9 Å². The van der Waals surface area contributed by atoms with E-state index in [2.05, 4.69) is 9.89 Å². The summed E-state index contributed by atoms with van der Waals surface area (Å²) in [5.74, 6) is -0.517. The van der Waals surface area contributed by atoms with Crippen LogP contribution in [0.1, 0.15) is 29.5 Å². The number of halogens is 3. The molecule has 10 heteroatoms. The molecule has 0 unspecified atom stereocenters. The number of ether oxygens (including phenoxy) is 2. The molecule has 1 fully saturated rings. The van der Waals surface area contributed by atoms with Crippen molar-refractivity contribution >= 4 is 28.9 Å². The molecule has 0 spiro atoms. The first-order valence-corrected chi connectivity index (χ1v) is 10.8. The molecule has 0 bridgehead atoms. The van der Waals surface area contributed by atoms with Crippen LogP contribution in [-0.2, 0) is 11.0 Å². The monoisotopic (exact) mass is 473 g/mol. The number of hydrogen-bond acceptors (Lipinski definition) is 6. The summed E-state index contributed by atoms with van der Waals surface area (Å²) in [4.78, 5) is 19.0. The summed E-state index contributed by atoms with van der Waals surface area (Å²) in [5.41, 5.74) is -0.573. The van der Waals surface area contributed by atoms with Crippen LogP contribution in [0.2, 0.25) is 0 Å². The maximum atomic E-state index is 13.4. The van der Waals surface area contributed by atoms with Crippen molar-refractivity contribution in [1.29, 1.82) is 5.26 Å². The van der Waals surface area contributed by atoms with E-state index < -0.39 is 17.5 Å². The predicted octanol–water partition coefficient (Wildman–Crippen LogP) is 5.44. The Kier molecular flexibility index (Phi) is 6.33. The molecule has 2 aromatic rings. The zero-order chi connectivity index (χ0) is 23.6. The van der Waals surface area contributed by atoms with Crippen molar-refractivity contribution in [3.8, 4) is 23.3 Å². The third-order valence-electron chi connectivity index (χ3n) is 5.11. The Balaban J connectivity index is 1.58. The number of aliphatic imine (C=N–C) groups is 1. The van der Waals surface area contributed by atoms with E-state index in [1.165, 1.54) is 31.0 Å². The normalized spacial score (nSPS) is 17.3. The number of hydrogen-bond donors (Lipinski definition) is 0. The minimum absolute atomic E-state index is 0.0641. The second-order valence-electron chi connectivity index (χ2n) is 7.34. The van der Waals surface area contributed by atoms with Gasteiger partial charge >= 0.3 is 6.18 Å². The number of carbonyl (C=O) groups excluding carboxylic acids is 1. The highest BCUT2D eigenvalue weighted by Gasteiger charge is 2.35. The molecule has 33 heavy (non-hydrogen) atoms. The maximum absolute atomic E-state index is 13.4. The highest BCUT2D eigenvalue weighted by Crippen LogP contribution is 2.41. The fourth-order valence-electron chi connectivity index (χ4n) is 3.48. The van der Waals surface area contributed by atoms with E-state index in [0.717, 1.165) is 38.1 Å². The van der Waals surface area contributed by atoms with Crippen LogP contribution in [0.15, 0.2) is 46.3 Å². The second-order valence-corrected chi connectivity index (χ2v) is 8.35. The van der Waals surface area contributed by atoms with Gasteiger partial charge in [0.05, 0.1) is 29.2 Å². The molecule has 0 radical (unpaired) electrons. The molecular weight excluding hydrogens is 455 g/mol. The van der Waals surface area contributed by atoms with E-state index in [9.17, 15) is 18.0 Å². The van der Waals surface area contributed by atoms with Crippen LogP contribution < -0.4 is 9.47 Å². The van der Waals surface area contributed by atoms with E-state index >= 15 is 0 Å². The Morgan fingerprint density at radius 1 is 1.12 bits per heavy atom. The van der Waals surface area contributed by atoms with Gasteiger partial charge in [0.1, 0.15) is 5.75 Å². The fraction of sp³-hybridized carbons (Fsp3) is 0.261. The molecule has 170 valence electrons. The van der Waals surface area contributed by atoms with Gasteiger partial charge in [-0.3, -0.25) is 4.79 Å². The lowest BCUT2D eigenvalue weighted by molar-refractivity contribution is -0.138. The third-order valence-corrected chi connectivity index (χ3v) is 6.15. The van der Waals surface area contributed by atoms with E-state index in [1.807, 2.05) is 0 Å². The molecule has 2 aromatic carbocycles. The van der Waals surface area contributed by atoms with Crippen molar-refractivity contribution in [2.45, 2.75) is 19.0 Å². The van der Waals surface area contributed by atoms with Crippen LogP contribution in [-0.4, -0.2) is 36.2 Å². The van der Waals surface area contributed by atoms with Gasteiger partial charge in [0.2, 0.25) is 0 Å². The standard InChI is InChI=1S/C23H18F3N3O3S/c1-31-19-11-14(12-20-21(30)28-22(33-20)29-8-2-3-9-29)4-7-18(19)32-17-6-5-15(13-27)10-16(17)23(24,25)26/h4-7,10-12H,2-3,8-9H2,1H3/b20-12-. The summed E-state index contributed by atoms with van der Waals surface area (Å²) >= 11 is 1.30. The molecule has 6 nitrogen and oxygen atoms in total. The number of likely N-dealkylation sites (tertiary alicyclic amines) is 1. The van der Waals surface area contributed by atoms with Gasteiger partial charge in [-0.1, -0.05) is 6.07 Å². The van der Waals surface area contributed by atoms with Gasteiger partial charge in [-0.2, -0.15) is 23.4 Å². The molecule has 0 saturated carbocycles. The van der Waals surface area contributed by atoms with Crippen LogP contribution in [0.25, 0.3) is 6.08 Å². The molecule has 4 rings (SSSR count). The number of rotatable bonds is 4. The molecular formula is C23H18F3N3O3S. The van der Waals surface area contributed by atoms with Crippen molar-refractivity contribution in [3.05, 3.63) is 58.0 Å². The van der Waals surface area contributed by atoms with Crippen molar-refractivity contribution in [2.75, 3.05) is 20.2 Å². The maximum Gasteiger partial charge on any atom is 0.420 e. The van der Waals surface area contributed by atoms with Gasteiger partial charge in [-0.25, -0.2) is 0 Å². The molecule has 0 atom stereocenters. The fourth-order valence-corrected chi connectivity index (χ4v) is 4.44. The van der Waals surface area contributed by atoms with Gasteiger partial charge in [0, 0.05) is 13.1 Å². The summed E-state index contributed by atoms with van der Waals surface area (Å²) < 4.78 is 51.2. The molecule has 2 aliphatic rings. The highest BCUT2D eigenvalue weighted by molar-refractivity contribution is 8.18. The SMILES string of the molecule is COc1cc(/C=C2\SC(N3CCCC3)=NC2=O)ccc1Oc1ccc(C#N)cc1C(F)(F)F. The summed E-state index contributed by atoms with van der Waals surface area (Å²) in [7, 11) is 1.37. The van der Waals surface area contributed by atoms with Crippen molar-refractivity contribution in [3.63, 3.8) is 0 Å². The number of amides is 1. The zero-order valence-corrected chi connectivity index (χ0v) is 18.3. The third kappa shape index (κ3) is 4.98. The number of thioether (sulfide) groups is 1.